The van der Waals surface area contributed by atoms with Crippen molar-refractivity contribution in [1.29, 1.82) is 10.5 Å². The molecule has 0 aliphatic heterocycles. The molecule has 0 aromatic carbocycles. The molecule has 0 saturated heterocycles. The largest absolute Gasteiger partial charge is 0.279 e. The highest BCUT2D eigenvalue weighted by molar-refractivity contribution is 6.07. The minimum Gasteiger partial charge on any atom is -0.279 e. The maximum Gasteiger partial charge on any atom is 0.128 e. The fourth-order valence-corrected chi connectivity index (χ4v) is 0.610. The second-order valence-electron chi connectivity index (χ2n) is 1.94. The fourth-order valence-electron chi connectivity index (χ4n) is 0.533. The van der Waals surface area contributed by atoms with Crippen LogP contribution in [0.15, 0.2) is 11.1 Å². The van der Waals surface area contributed by atoms with Crippen LogP contribution in [-0.4, -0.2) is 6.61 Å². The van der Waals surface area contributed by atoms with Gasteiger partial charge in [-0.05, 0) is 18.9 Å². The SMILES string of the molecule is CC(CCOCl)=C(C#N)C#N. The third-order valence-electron chi connectivity index (χ3n) is 1.20. The molecule has 0 bridgehead atoms. The summed E-state index contributed by atoms with van der Waals surface area (Å²) in [4.78, 5) is 0. The quantitative estimate of drug-likeness (QED) is 0.608. The van der Waals surface area contributed by atoms with Crippen molar-refractivity contribution in [2.24, 2.45) is 0 Å². The van der Waals surface area contributed by atoms with E-state index in [1.165, 1.54) is 0 Å². The van der Waals surface area contributed by atoms with Gasteiger partial charge in [-0.3, -0.25) is 4.29 Å². The van der Waals surface area contributed by atoms with Gasteiger partial charge in [-0.1, -0.05) is 0 Å². The van der Waals surface area contributed by atoms with E-state index in [0.717, 1.165) is 0 Å². The maximum absolute atomic E-state index is 8.39. The maximum atomic E-state index is 8.39. The summed E-state index contributed by atoms with van der Waals surface area (Å²) in [7, 11) is 0. The van der Waals surface area contributed by atoms with Crippen molar-refractivity contribution in [3.05, 3.63) is 11.1 Å². The first-order valence-electron chi connectivity index (χ1n) is 2.99. The van der Waals surface area contributed by atoms with E-state index in [1.54, 1.807) is 19.1 Å². The predicted octanol–water partition coefficient (Wildman–Crippen LogP) is 1.91. The minimum absolute atomic E-state index is 0.138. The van der Waals surface area contributed by atoms with Gasteiger partial charge < -0.3 is 0 Å². The molecular weight excluding hydrogens is 164 g/mol. The van der Waals surface area contributed by atoms with Crippen LogP contribution >= 0.6 is 11.9 Å². The molecule has 0 aromatic rings. The van der Waals surface area contributed by atoms with E-state index in [4.69, 9.17) is 22.4 Å². The lowest BCUT2D eigenvalue weighted by Crippen LogP contribution is -1.89. The highest BCUT2D eigenvalue weighted by Gasteiger charge is 1.99. The molecule has 58 valence electrons. The summed E-state index contributed by atoms with van der Waals surface area (Å²) < 4.78 is 4.27. The lowest BCUT2D eigenvalue weighted by atomic mass is 10.1. The fraction of sp³-hybridized carbons (Fsp3) is 0.429. The van der Waals surface area contributed by atoms with Gasteiger partial charge in [0.05, 0.1) is 18.5 Å². The second kappa shape index (κ2) is 5.73. The van der Waals surface area contributed by atoms with Crippen LogP contribution in [-0.2, 0) is 4.29 Å². The zero-order valence-electron chi connectivity index (χ0n) is 6.09. The first-order valence-corrected chi connectivity index (χ1v) is 3.30. The van der Waals surface area contributed by atoms with Crippen LogP contribution in [0.2, 0.25) is 0 Å². The third-order valence-corrected chi connectivity index (χ3v) is 1.36. The van der Waals surface area contributed by atoms with Crippen LogP contribution in [0.1, 0.15) is 13.3 Å². The van der Waals surface area contributed by atoms with Gasteiger partial charge in [-0.15, -0.1) is 0 Å². The second-order valence-corrected chi connectivity index (χ2v) is 2.16. The Morgan fingerprint density at radius 2 is 2.00 bits per heavy atom. The van der Waals surface area contributed by atoms with E-state index in [0.29, 0.717) is 18.6 Å². The van der Waals surface area contributed by atoms with Crippen LogP contribution in [0.5, 0.6) is 0 Å². The Labute approximate surface area is 70.6 Å². The Hall–Kier alpha value is -1.03. The number of hydrogen-bond donors (Lipinski definition) is 0. The van der Waals surface area contributed by atoms with Gasteiger partial charge in [0.2, 0.25) is 0 Å². The third kappa shape index (κ3) is 3.62. The van der Waals surface area contributed by atoms with Crippen LogP contribution in [0, 0.1) is 22.7 Å². The van der Waals surface area contributed by atoms with Crippen molar-refractivity contribution in [1.82, 2.24) is 0 Å². The minimum atomic E-state index is 0.138. The molecule has 0 aliphatic rings. The molecule has 0 N–H and O–H groups in total. The zero-order valence-corrected chi connectivity index (χ0v) is 6.85. The number of halogens is 1. The molecule has 0 atom stereocenters. The number of allylic oxidation sites excluding steroid dienone is 1. The summed E-state index contributed by atoms with van der Waals surface area (Å²) >= 11 is 4.95. The molecular formula is C7H7ClN2O. The normalized spacial score (nSPS) is 8.00. The van der Waals surface area contributed by atoms with Crippen molar-refractivity contribution < 1.29 is 4.29 Å². The molecule has 0 heterocycles. The summed E-state index contributed by atoms with van der Waals surface area (Å²) in [5.41, 5.74) is 0.842. The summed E-state index contributed by atoms with van der Waals surface area (Å²) in [5, 5.41) is 16.8. The number of nitriles is 2. The number of rotatable bonds is 3. The Bertz CT molecular complexity index is 218. The van der Waals surface area contributed by atoms with Crippen molar-refractivity contribution in [2.45, 2.75) is 13.3 Å². The van der Waals surface area contributed by atoms with Crippen LogP contribution < -0.4 is 0 Å². The molecule has 3 nitrogen and oxygen atoms in total. The van der Waals surface area contributed by atoms with Crippen LogP contribution in [0.3, 0.4) is 0 Å². The molecule has 0 spiro atoms. The van der Waals surface area contributed by atoms with E-state index in [1.807, 2.05) is 0 Å². The van der Waals surface area contributed by atoms with Gasteiger partial charge >= 0.3 is 0 Å². The highest BCUT2D eigenvalue weighted by Crippen LogP contribution is 2.06. The monoisotopic (exact) mass is 170 g/mol. The molecule has 11 heavy (non-hydrogen) atoms. The summed E-state index contributed by atoms with van der Waals surface area (Å²) in [5.74, 6) is 0. The molecule has 0 rings (SSSR count). The molecule has 0 unspecified atom stereocenters. The van der Waals surface area contributed by atoms with Crippen molar-refractivity contribution in [3.63, 3.8) is 0 Å². The van der Waals surface area contributed by atoms with Gasteiger partial charge in [0.1, 0.15) is 17.7 Å². The molecule has 0 saturated carbocycles. The van der Waals surface area contributed by atoms with Gasteiger partial charge in [0.25, 0.3) is 0 Å². The van der Waals surface area contributed by atoms with Gasteiger partial charge in [0, 0.05) is 0 Å². The Balaban J connectivity index is 4.19. The van der Waals surface area contributed by atoms with Gasteiger partial charge in [-0.2, -0.15) is 10.5 Å². The first-order chi connectivity index (χ1) is 5.26. The summed E-state index contributed by atoms with van der Waals surface area (Å²) in [6, 6.07) is 3.56. The van der Waals surface area contributed by atoms with E-state index in [-0.39, 0.29) is 5.57 Å². The lowest BCUT2D eigenvalue weighted by Gasteiger charge is -1.96. The Morgan fingerprint density at radius 1 is 1.45 bits per heavy atom. The predicted molar refractivity (Wildman–Crippen MR) is 40.3 cm³/mol. The van der Waals surface area contributed by atoms with E-state index in [9.17, 15) is 0 Å². The summed E-state index contributed by atoms with van der Waals surface area (Å²) in [6.45, 7) is 2.03. The van der Waals surface area contributed by atoms with Gasteiger partial charge in [0.15, 0.2) is 0 Å². The summed E-state index contributed by atoms with van der Waals surface area (Å²) in [6.07, 6.45) is 0.514. The lowest BCUT2D eigenvalue weighted by molar-refractivity contribution is 0.356. The average molecular weight is 171 g/mol. The zero-order chi connectivity index (χ0) is 8.69. The van der Waals surface area contributed by atoms with Crippen LogP contribution in [0.4, 0.5) is 0 Å². The van der Waals surface area contributed by atoms with Crippen LogP contribution in [0.25, 0.3) is 0 Å². The molecule has 0 radical (unpaired) electrons. The molecule has 0 fully saturated rings. The molecule has 0 amide bonds. The smallest absolute Gasteiger partial charge is 0.128 e. The molecule has 0 aromatic heterocycles. The molecule has 0 aliphatic carbocycles. The van der Waals surface area contributed by atoms with E-state index < -0.39 is 0 Å². The van der Waals surface area contributed by atoms with Crippen molar-refractivity contribution in [2.75, 3.05) is 6.61 Å². The standard InChI is InChI=1S/C7H7ClN2O/c1-6(2-3-11-8)7(4-9)5-10/h2-3H2,1H3. The Kier molecular flexibility index (Phi) is 5.20. The topological polar surface area (TPSA) is 56.8 Å². The number of hydrogen-bond acceptors (Lipinski definition) is 3. The molecule has 4 heteroatoms. The van der Waals surface area contributed by atoms with E-state index >= 15 is 0 Å². The van der Waals surface area contributed by atoms with Crippen molar-refractivity contribution >= 4 is 11.9 Å². The van der Waals surface area contributed by atoms with Gasteiger partial charge in [-0.25, -0.2) is 0 Å². The highest BCUT2D eigenvalue weighted by atomic mass is 35.5. The van der Waals surface area contributed by atoms with Crippen molar-refractivity contribution in [3.8, 4) is 12.1 Å². The Morgan fingerprint density at radius 3 is 2.36 bits per heavy atom. The average Bonchev–Trinajstić information content (AvgIpc) is 2.03. The number of nitrogens with zero attached hydrogens (tertiary/aromatic N) is 2. The first kappa shape index (κ1) is 9.97. The van der Waals surface area contributed by atoms with E-state index in [2.05, 4.69) is 4.29 Å².